The summed E-state index contributed by atoms with van der Waals surface area (Å²) in [7, 11) is 0. The summed E-state index contributed by atoms with van der Waals surface area (Å²) in [5, 5.41) is 10.3. The minimum Gasteiger partial charge on any atom is -0.504 e. The standard InChI is InChI=1S/C17H18N2O3/c1-2-16(21)19-6-7-22-17-14(11-19)8-13(9-15(17)20)12-4-3-5-18-10-12/h3-5,8-10,20H,2,6-7,11H2,1H3. The van der Waals surface area contributed by atoms with Crippen molar-refractivity contribution in [3.05, 3.63) is 42.2 Å². The highest BCUT2D eigenvalue weighted by Crippen LogP contribution is 2.37. The Morgan fingerprint density at radius 1 is 1.41 bits per heavy atom. The molecule has 22 heavy (non-hydrogen) atoms. The number of rotatable bonds is 2. The average molecular weight is 298 g/mol. The van der Waals surface area contributed by atoms with Crippen molar-refractivity contribution >= 4 is 5.91 Å². The Kier molecular flexibility index (Phi) is 3.96. The number of hydrogen-bond donors (Lipinski definition) is 1. The number of pyridine rings is 1. The molecule has 5 nitrogen and oxygen atoms in total. The van der Waals surface area contributed by atoms with Crippen LogP contribution in [0.4, 0.5) is 0 Å². The number of aromatic hydroxyl groups is 1. The fraction of sp³-hybridized carbons (Fsp3) is 0.294. The molecule has 2 aromatic rings. The quantitative estimate of drug-likeness (QED) is 0.925. The SMILES string of the molecule is CCC(=O)N1CCOc2c(O)cc(-c3cccnc3)cc2C1. The van der Waals surface area contributed by atoms with E-state index in [1.807, 2.05) is 25.1 Å². The van der Waals surface area contributed by atoms with Crippen molar-refractivity contribution in [2.45, 2.75) is 19.9 Å². The number of ether oxygens (including phenoxy) is 1. The number of nitrogens with zero attached hydrogens (tertiary/aromatic N) is 2. The number of phenols is 1. The minimum absolute atomic E-state index is 0.0859. The fourth-order valence-electron chi connectivity index (χ4n) is 2.64. The molecule has 114 valence electrons. The van der Waals surface area contributed by atoms with Crippen LogP contribution in [0, 0.1) is 0 Å². The van der Waals surface area contributed by atoms with Gasteiger partial charge in [0.2, 0.25) is 5.91 Å². The summed E-state index contributed by atoms with van der Waals surface area (Å²) in [6.45, 7) is 3.21. The maximum Gasteiger partial charge on any atom is 0.222 e. The van der Waals surface area contributed by atoms with Gasteiger partial charge in [0.05, 0.1) is 6.54 Å². The van der Waals surface area contributed by atoms with Crippen LogP contribution in [0.15, 0.2) is 36.7 Å². The Bertz CT molecular complexity index is 686. The zero-order valence-electron chi connectivity index (χ0n) is 12.5. The summed E-state index contributed by atoms with van der Waals surface area (Å²) in [6.07, 6.45) is 3.91. The smallest absolute Gasteiger partial charge is 0.222 e. The van der Waals surface area contributed by atoms with E-state index in [1.165, 1.54) is 0 Å². The summed E-state index contributed by atoms with van der Waals surface area (Å²) in [5.41, 5.74) is 2.59. The summed E-state index contributed by atoms with van der Waals surface area (Å²) in [6, 6.07) is 7.41. The lowest BCUT2D eigenvalue weighted by Crippen LogP contribution is -2.31. The molecule has 1 aromatic carbocycles. The molecule has 1 amide bonds. The number of hydrogen-bond acceptors (Lipinski definition) is 4. The van der Waals surface area contributed by atoms with Gasteiger partial charge < -0.3 is 14.7 Å². The third-order valence-electron chi connectivity index (χ3n) is 3.77. The van der Waals surface area contributed by atoms with Crippen molar-refractivity contribution in [1.82, 2.24) is 9.88 Å². The van der Waals surface area contributed by atoms with Gasteiger partial charge in [0.25, 0.3) is 0 Å². The largest absolute Gasteiger partial charge is 0.504 e. The minimum atomic E-state index is 0.0859. The lowest BCUT2D eigenvalue weighted by molar-refractivity contribution is -0.131. The van der Waals surface area contributed by atoms with Gasteiger partial charge in [-0.25, -0.2) is 0 Å². The molecule has 1 aromatic heterocycles. The van der Waals surface area contributed by atoms with Gasteiger partial charge in [0, 0.05) is 36.5 Å². The molecule has 1 N–H and O–H groups in total. The van der Waals surface area contributed by atoms with E-state index >= 15 is 0 Å². The number of benzene rings is 1. The lowest BCUT2D eigenvalue weighted by Gasteiger charge is -2.19. The van der Waals surface area contributed by atoms with Crippen molar-refractivity contribution in [1.29, 1.82) is 0 Å². The molecule has 3 rings (SSSR count). The highest BCUT2D eigenvalue weighted by Gasteiger charge is 2.22. The number of amides is 1. The topological polar surface area (TPSA) is 62.7 Å². The van der Waals surface area contributed by atoms with Crippen LogP contribution in [0.25, 0.3) is 11.1 Å². The first-order chi connectivity index (χ1) is 10.7. The lowest BCUT2D eigenvalue weighted by atomic mass is 10.0. The zero-order chi connectivity index (χ0) is 15.5. The van der Waals surface area contributed by atoms with Crippen LogP contribution in [0.1, 0.15) is 18.9 Å². The van der Waals surface area contributed by atoms with Crippen molar-refractivity contribution < 1.29 is 14.6 Å². The third-order valence-corrected chi connectivity index (χ3v) is 3.77. The van der Waals surface area contributed by atoms with Gasteiger partial charge >= 0.3 is 0 Å². The Hall–Kier alpha value is -2.56. The highest BCUT2D eigenvalue weighted by molar-refractivity contribution is 5.76. The number of carbonyl (C=O) groups is 1. The summed E-state index contributed by atoms with van der Waals surface area (Å²) < 4.78 is 5.64. The maximum atomic E-state index is 12.0. The third kappa shape index (κ3) is 2.74. The Balaban J connectivity index is 2.01. The molecular weight excluding hydrogens is 280 g/mol. The van der Waals surface area contributed by atoms with Gasteiger partial charge in [-0.1, -0.05) is 13.0 Å². The molecule has 0 saturated heterocycles. The van der Waals surface area contributed by atoms with Crippen molar-refractivity contribution in [2.24, 2.45) is 0 Å². The maximum absolute atomic E-state index is 12.0. The molecule has 1 aliphatic heterocycles. The van der Waals surface area contributed by atoms with Gasteiger partial charge in [-0.15, -0.1) is 0 Å². The van der Waals surface area contributed by atoms with Crippen molar-refractivity contribution in [3.8, 4) is 22.6 Å². The second-order valence-electron chi connectivity index (χ2n) is 5.24. The van der Waals surface area contributed by atoms with Crippen LogP contribution >= 0.6 is 0 Å². The summed E-state index contributed by atoms with van der Waals surface area (Å²) >= 11 is 0. The normalized spacial score (nSPS) is 14.0. The molecule has 1 aliphatic rings. The monoisotopic (exact) mass is 298 g/mol. The van der Waals surface area contributed by atoms with Crippen molar-refractivity contribution in [3.63, 3.8) is 0 Å². The Morgan fingerprint density at radius 2 is 2.27 bits per heavy atom. The van der Waals surface area contributed by atoms with Gasteiger partial charge in [0.1, 0.15) is 6.61 Å². The van der Waals surface area contributed by atoms with Crippen LogP contribution in [-0.2, 0) is 11.3 Å². The molecule has 0 spiro atoms. The van der Waals surface area contributed by atoms with Crippen molar-refractivity contribution in [2.75, 3.05) is 13.2 Å². The van der Waals surface area contributed by atoms with E-state index in [0.29, 0.717) is 31.9 Å². The predicted octanol–water partition coefficient (Wildman–Crippen LogP) is 2.59. The van der Waals surface area contributed by atoms with E-state index in [-0.39, 0.29) is 11.7 Å². The van der Waals surface area contributed by atoms with E-state index < -0.39 is 0 Å². The molecule has 0 fully saturated rings. The second kappa shape index (κ2) is 6.05. The number of carbonyl (C=O) groups excluding carboxylic acids is 1. The van der Waals surface area contributed by atoms with Gasteiger partial charge in [0.15, 0.2) is 11.5 Å². The molecule has 0 unspecified atom stereocenters. The second-order valence-corrected chi connectivity index (χ2v) is 5.24. The average Bonchev–Trinajstić information content (AvgIpc) is 2.77. The van der Waals surface area contributed by atoms with E-state index in [1.54, 1.807) is 23.4 Å². The fourth-order valence-corrected chi connectivity index (χ4v) is 2.64. The molecule has 0 saturated carbocycles. The molecule has 0 radical (unpaired) electrons. The molecule has 0 atom stereocenters. The zero-order valence-corrected chi connectivity index (χ0v) is 12.5. The van der Waals surface area contributed by atoms with Crippen LogP contribution in [-0.4, -0.2) is 34.0 Å². The first-order valence-corrected chi connectivity index (χ1v) is 7.36. The van der Waals surface area contributed by atoms with Crippen LogP contribution in [0.5, 0.6) is 11.5 Å². The first-order valence-electron chi connectivity index (χ1n) is 7.36. The van der Waals surface area contributed by atoms with Crippen LogP contribution in [0.2, 0.25) is 0 Å². The first kappa shape index (κ1) is 14.4. The van der Waals surface area contributed by atoms with E-state index in [4.69, 9.17) is 4.74 Å². The number of aromatic nitrogens is 1. The van der Waals surface area contributed by atoms with E-state index in [2.05, 4.69) is 4.98 Å². The summed E-state index contributed by atoms with van der Waals surface area (Å²) in [4.78, 5) is 17.8. The van der Waals surface area contributed by atoms with Gasteiger partial charge in [-0.2, -0.15) is 0 Å². The molecule has 2 heterocycles. The van der Waals surface area contributed by atoms with Crippen LogP contribution < -0.4 is 4.74 Å². The molecule has 0 aliphatic carbocycles. The molecular formula is C17H18N2O3. The Morgan fingerprint density at radius 3 is 3.00 bits per heavy atom. The number of fused-ring (bicyclic) bond motifs is 1. The summed E-state index contributed by atoms with van der Waals surface area (Å²) in [5.74, 6) is 0.656. The van der Waals surface area contributed by atoms with E-state index in [9.17, 15) is 9.90 Å². The molecule has 5 heteroatoms. The Labute approximate surface area is 129 Å². The van der Waals surface area contributed by atoms with Gasteiger partial charge in [-0.05, 0) is 23.8 Å². The van der Waals surface area contributed by atoms with Crippen LogP contribution in [0.3, 0.4) is 0 Å². The van der Waals surface area contributed by atoms with E-state index in [0.717, 1.165) is 16.7 Å². The van der Waals surface area contributed by atoms with Gasteiger partial charge in [-0.3, -0.25) is 9.78 Å². The number of phenolic OH excluding ortho intramolecular Hbond substituents is 1. The molecule has 0 bridgehead atoms. The highest BCUT2D eigenvalue weighted by atomic mass is 16.5. The predicted molar refractivity (Wildman–Crippen MR) is 82.5 cm³/mol.